The molecule has 0 saturated heterocycles. The molecule has 1 aliphatic carbocycles. The maximum Gasteiger partial charge on any atom is 0.319 e. The van der Waals surface area contributed by atoms with E-state index in [9.17, 15) is 13.9 Å². The van der Waals surface area contributed by atoms with Crippen LogP contribution in [0.15, 0.2) is 12.4 Å². The summed E-state index contributed by atoms with van der Waals surface area (Å²) in [6, 6.07) is 0. The van der Waals surface area contributed by atoms with E-state index in [-0.39, 0.29) is 12.0 Å². The van der Waals surface area contributed by atoms with Gasteiger partial charge in [0.05, 0.1) is 12.6 Å². The maximum absolute atomic E-state index is 12.6. The minimum atomic E-state index is -2.55. The predicted molar refractivity (Wildman–Crippen MR) is 63.2 cm³/mol. The first kappa shape index (κ1) is 13.4. The second-order valence-electron chi connectivity index (χ2n) is 4.98. The number of aromatic nitrogens is 2. The third kappa shape index (κ3) is 3.05. The Morgan fingerprint density at radius 1 is 1.56 bits per heavy atom. The number of hydrogen-bond acceptors (Lipinski definition) is 3. The summed E-state index contributed by atoms with van der Waals surface area (Å²) in [5, 5.41) is 9.74. The van der Waals surface area contributed by atoms with Crippen molar-refractivity contribution in [3.8, 4) is 0 Å². The fourth-order valence-corrected chi connectivity index (χ4v) is 2.58. The van der Waals surface area contributed by atoms with Gasteiger partial charge in [-0.1, -0.05) is 6.42 Å². The average molecular weight is 259 g/mol. The van der Waals surface area contributed by atoms with Crippen LogP contribution in [0.5, 0.6) is 0 Å². The van der Waals surface area contributed by atoms with Gasteiger partial charge in [-0.05, 0) is 25.8 Å². The minimum absolute atomic E-state index is 0.248. The maximum atomic E-state index is 12.6. The molecule has 1 fully saturated rings. The molecule has 0 amide bonds. The molecule has 0 aromatic carbocycles. The van der Waals surface area contributed by atoms with Crippen LogP contribution in [0.4, 0.5) is 8.78 Å². The second kappa shape index (κ2) is 5.75. The number of halogens is 2. The molecular weight excluding hydrogens is 240 g/mol. The third-order valence-electron chi connectivity index (χ3n) is 3.54. The normalized spacial score (nSPS) is 24.3. The van der Waals surface area contributed by atoms with Crippen LogP contribution < -0.4 is 0 Å². The first-order valence-corrected chi connectivity index (χ1v) is 6.24. The van der Waals surface area contributed by atoms with Gasteiger partial charge in [-0.3, -0.25) is 9.47 Å². The zero-order valence-corrected chi connectivity index (χ0v) is 10.5. The van der Waals surface area contributed by atoms with Gasteiger partial charge in [-0.25, -0.2) is 4.98 Å². The van der Waals surface area contributed by atoms with Gasteiger partial charge >= 0.3 is 6.55 Å². The van der Waals surface area contributed by atoms with Gasteiger partial charge in [-0.15, -0.1) is 0 Å². The number of imidazole rings is 1. The second-order valence-corrected chi connectivity index (χ2v) is 4.98. The van der Waals surface area contributed by atoms with E-state index in [1.54, 1.807) is 0 Å². The average Bonchev–Trinajstić information content (AvgIpc) is 2.89. The molecular formula is C12H19F2N3O. The molecule has 6 heteroatoms. The molecule has 0 bridgehead atoms. The standard InChI is InChI=1S/C12H19F2N3O/c1-16(7-9-3-2-4-10(9)18)8-11-15-5-6-17(11)12(13)14/h5-6,9-10,12,18H,2-4,7-8H2,1H3. The third-order valence-corrected chi connectivity index (χ3v) is 3.54. The Morgan fingerprint density at radius 3 is 2.94 bits per heavy atom. The monoisotopic (exact) mass is 259 g/mol. The number of rotatable bonds is 5. The number of alkyl halides is 2. The molecule has 2 unspecified atom stereocenters. The van der Waals surface area contributed by atoms with Crippen LogP contribution >= 0.6 is 0 Å². The Morgan fingerprint density at radius 2 is 2.33 bits per heavy atom. The van der Waals surface area contributed by atoms with Crippen molar-refractivity contribution in [2.24, 2.45) is 5.92 Å². The Bertz CT molecular complexity index is 383. The molecule has 1 aromatic heterocycles. The van der Waals surface area contributed by atoms with Crippen molar-refractivity contribution in [1.29, 1.82) is 0 Å². The van der Waals surface area contributed by atoms with Crippen molar-refractivity contribution in [2.75, 3.05) is 13.6 Å². The van der Waals surface area contributed by atoms with E-state index < -0.39 is 6.55 Å². The van der Waals surface area contributed by atoms with Gasteiger partial charge in [-0.2, -0.15) is 8.78 Å². The van der Waals surface area contributed by atoms with Crippen LogP contribution in [0.2, 0.25) is 0 Å². The van der Waals surface area contributed by atoms with E-state index in [1.165, 1.54) is 12.4 Å². The summed E-state index contributed by atoms with van der Waals surface area (Å²) in [7, 11) is 1.87. The van der Waals surface area contributed by atoms with E-state index in [2.05, 4.69) is 4.98 Å². The lowest BCUT2D eigenvalue weighted by atomic mass is 10.1. The number of hydrogen-bond donors (Lipinski definition) is 1. The fraction of sp³-hybridized carbons (Fsp3) is 0.750. The van der Waals surface area contributed by atoms with Crippen molar-refractivity contribution >= 4 is 0 Å². The van der Waals surface area contributed by atoms with Crippen molar-refractivity contribution in [2.45, 2.75) is 38.5 Å². The quantitative estimate of drug-likeness (QED) is 0.877. The van der Waals surface area contributed by atoms with Crippen LogP contribution in [0.25, 0.3) is 0 Å². The SMILES string of the molecule is CN(Cc1nccn1C(F)F)CC1CCCC1O. The molecule has 0 radical (unpaired) electrons. The lowest BCUT2D eigenvalue weighted by molar-refractivity contribution is 0.0625. The van der Waals surface area contributed by atoms with Crippen LogP contribution in [0.3, 0.4) is 0 Å². The Balaban J connectivity index is 1.90. The summed E-state index contributed by atoms with van der Waals surface area (Å²) < 4.78 is 26.2. The van der Waals surface area contributed by atoms with Crippen LogP contribution in [-0.2, 0) is 6.54 Å². The van der Waals surface area contributed by atoms with Gasteiger partial charge in [0, 0.05) is 18.9 Å². The Kier molecular flexibility index (Phi) is 4.29. The molecule has 1 heterocycles. The summed E-state index contributed by atoms with van der Waals surface area (Å²) in [4.78, 5) is 5.89. The zero-order valence-electron chi connectivity index (χ0n) is 10.5. The van der Waals surface area contributed by atoms with Crippen molar-refractivity contribution in [3.05, 3.63) is 18.2 Å². The molecule has 102 valence electrons. The van der Waals surface area contributed by atoms with Gasteiger partial charge < -0.3 is 5.11 Å². The number of nitrogens with zero attached hydrogens (tertiary/aromatic N) is 3. The number of aliphatic hydroxyl groups is 1. The van der Waals surface area contributed by atoms with Gasteiger partial charge in [0.15, 0.2) is 0 Å². The predicted octanol–water partition coefficient (Wildman–Crippen LogP) is 1.87. The molecule has 2 atom stereocenters. The topological polar surface area (TPSA) is 41.3 Å². The molecule has 1 aliphatic rings. The summed E-state index contributed by atoms with van der Waals surface area (Å²) >= 11 is 0. The molecule has 1 aromatic rings. The highest BCUT2D eigenvalue weighted by atomic mass is 19.3. The molecule has 1 N–H and O–H groups in total. The van der Waals surface area contributed by atoms with Gasteiger partial charge in [0.1, 0.15) is 5.82 Å². The van der Waals surface area contributed by atoms with E-state index >= 15 is 0 Å². The Hall–Kier alpha value is -1.01. The smallest absolute Gasteiger partial charge is 0.319 e. The molecule has 0 aliphatic heterocycles. The van der Waals surface area contributed by atoms with Crippen LogP contribution in [-0.4, -0.2) is 39.3 Å². The van der Waals surface area contributed by atoms with E-state index in [0.717, 1.165) is 30.4 Å². The minimum Gasteiger partial charge on any atom is -0.393 e. The van der Waals surface area contributed by atoms with E-state index in [4.69, 9.17) is 0 Å². The molecule has 0 spiro atoms. The number of aliphatic hydroxyl groups excluding tert-OH is 1. The van der Waals surface area contributed by atoms with E-state index in [0.29, 0.717) is 12.4 Å². The van der Waals surface area contributed by atoms with Crippen LogP contribution in [0, 0.1) is 5.92 Å². The Labute approximate surface area is 105 Å². The largest absolute Gasteiger partial charge is 0.393 e. The highest BCUT2D eigenvalue weighted by Gasteiger charge is 2.26. The summed E-state index contributed by atoms with van der Waals surface area (Å²) in [6.45, 7) is -1.45. The summed E-state index contributed by atoms with van der Waals surface area (Å²) in [6.07, 6.45) is 5.34. The summed E-state index contributed by atoms with van der Waals surface area (Å²) in [5.41, 5.74) is 0. The van der Waals surface area contributed by atoms with Crippen molar-refractivity contribution in [3.63, 3.8) is 0 Å². The lowest BCUT2D eigenvalue weighted by Crippen LogP contribution is -2.30. The summed E-state index contributed by atoms with van der Waals surface area (Å²) in [5.74, 6) is 0.616. The molecule has 1 saturated carbocycles. The fourth-order valence-electron chi connectivity index (χ4n) is 2.58. The van der Waals surface area contributed by atoms with Gasteiger partial charge in [0.2, 0.25) is 0 Å². The highest BCUT2D eigenvalue weighted by Crippen LogP contribution is 2.26. The first-order valence-electron chi connectivity index (χ1n) is 6.24. The lowest BCUT2D eigenvalue weighted by Gasteiger charge is -2.23. The van der Waals surface area contributed by atoms with Gasteiger partial charge in [0.25, 0.3) is 0 Å². The molecule has 2 rings (SSSR count). The van der Waals surface area contributed by atoms with Crippen molar-refractivity contribution < 1.29 is 13.9 Å². The molecule has 18 heavy (non-hydrogen) atoms. The highest BCUT2D eigenvalue weighted by molar-refractivity contribution is 4.93. The zero-order chi connectivity index (χ0) is 13.1. The first-order chi connectivity index (χ1) is 8.58. The van der Waals surface area contributed by atoms with Crippen molar-refractivity contribution in [1.82, 2.24) is 14.5 Å². The molecule has 4 nitrogen and oxygen atoms in total. The van der Waals surface area contributed by atoms with E-state index in [1.807, 2.05) is 11.9 Å². The van der Waals surface area contributed by atoms with Crippen LogP contribution in [0.1, 0.15) is 31.6 Å².